The molecule has 0 aliphatic carbocycles. The van der Waals surface area contributed by atoms with Crippen LogP contribution >= 0.6 is 0 Å². The van der Waals surface area contributed by atoms with E-state index < -0.39 is 0 Å². The predicted molar refractivity (Wildman–Crippen MR) is 103 cm³/mol. The Morgan fingerprint density at radius 1 is 0.800 bits per heavy atom. The van der Waals surface area contributed by atoms with Crippen LogP contribution in [-0.4, -0.2) is 15.9 Å². The molecule has 0 saturated heterocycles. The van der Waals surface area contributed by atoms with Crippen LogP contribution in [0.2, 0.25) is 0 Å². The number of benzene rings is 2. The van der Waals surface area contributed by atoms with Gasteiger partial charge in [0, 0.05) is 52.0 Å². The summed E-state index contributed by atoms with van der Waals surface area (Å²) in [5.74, 6) is -0.165. The van der Waals surface area contributed by atoms with Crippen molar-refractivity contribution in [3.05, 3.63) is 84.3 Å². The van der Waals surface area contributed by atoms with Crippen LogP contribution in [0, 0.1) is 0 Å². The van der Waals surface area contributed by atoms with Gasteiger partial charge in [-0.3, -0.25) is 4.79 Å². The fourth-order valence-electron chi connectivity index (χ4n) is 2.89. The third-order valence-electron chi connectivity index (χ3n) is 4.15. The minimum Gasteiger partial charge on any atom is -0.361 e. The van der Waals surface area contributed by atoms with Crippen LogP contribution < -0.4 is 5.32 Å². The maximum Gasteiger partial charge on any atom is 0.247 e. The molecule has 4 rings (SSSR count). The van der Waals surface area contributed by atoms with Crippen molar-refractivity contribution >= 4 is 39.9 Å². The molecule has 0 bridgehead atoms. The molecule has 4 aromatic rings. The summed E-state index contributed by atoms with van der Waals surface area (Å²) in [7, 11) is 0. The Hall–Kier alpha value is -3.53. The summed E-state index contributed by atoms with van der Waals surface area (Å²) in [6, 6.07) is 16.1. The molecule has 2 heterocycles. The molecule has 1 amide bonds. The molecule has 122 valence electrons. The highest BCUT2D eigenvalue weighted by Gasteiger charge is 2.01. The van der Waals surface area contributed by atoms with Crippen molar-refractivity contribution in [1.29, 1.82) is 0 Å². The van der Waals surface area contributed by atoms with Gasteiger partial charge in [0.25, 0.3) is 0 Å². The quantitative estimate of drug-likeness (QED) is 0.477. The molecule has 2 aromatic heterocycles. The van der Waals surface area contributed by atoms with E-state index in [-0.39, 0.29) is 5.91 Å². The number of fused-ring (bicyclic) bond motifs is 2. The van der Waals surface area contributed by atoms with Gasteiger partial charge in [0.1, 0.15) is 0 Å². The first-order valence-electron chi connectivity index (χ1n) is 8.08. The number of aromatic nitrogens is 2. The van der Waals surface area contributed by atoms with E-state index in [1.54, 1.807) is 6.20 Å². The number of H-pyrrole nitrogens is 2. The lowest BCUT2D eigenvalue weighted by molar-refractivity contribution is -0.115. The molecule has 0 fully saturated rings. The topological polar surface area (TPSA) is 60.7 Å². The van der Waals surface area contributed by atoms with E-state index in [4.69, 9.17) is 0 Å². The second-order valence-corrected chi connectivity index (χ2v) is 5.75. The zero-order chi connectivity index (χ0) is 17.1. The molecule has 0 atom stereocenters. The van der Waals surface area contributed by atoms with Crippen molar-refractivity contribution in [1.82, 2.24) is 15.3 Å². The summed E-state index contributed by atoms with van der Waals surface area (Å²) in [6.45, 7) is 0. The standard InChI is InChI=1S/C21H17N3O/c25-21(10-9-15-13-23-19-7-3-1-5-17(15)19)22-12-11-16-14-24-20-8-4-2-6-18(16)20/h1-14,23-24H,(H,22,25)/b10-9+,12-11+. The Balaban J connectivity index is 1.44. The van der Waals surface area contributed by atoms with Crippen LogP contribution in [0.25, 0.3) is 34.0 Å². The van der Waals surface area contributed by atoms with Gasteiger partial charge < -0.3 is 15.3 Å². The highest BCUT2D eigenvalue weighted by atomic mass is 16.1. The largest absolute Gasteiger partial charge is 0.361 e. The third kappa shape index (κ3) is 3.10. The molecule has 0 spiro atoms. The van der Waals surface area contributed by atoms with Gasteiger partial charge in [0.2, 0.25) is 5.91 Å². The maximum absolute atomic E-state index is 12.0. The molecule has 0 aliphatic heterocycles. The Bertz CT molecular complexity index is 1100. The first-order valence-corrected chi connectivity index (χ1v) is 8.08. The van der Waals surface area contributed by atoms with Crippen LogP contribution in [0.3, 0.4) is 0 Å². The van der Waals surface area contributed by atoms with Gasteiger partial charge in [-0.15, -0.1) is 0 Å². The van der Waals surface area contributed by atoms with E-state index in [0.29, 0.717) is 0 Å². The number of carbonyl (C=O) groups excluding carboxylic acids is 1. The molecule has 2 aromatic carbocycles. The molecule has 4 heteroatoms. The maximum atomic E-state index is 12.0. The summed E-state index contributed by atoms with van der Waals surface area (Å²) in [5.41, 5.74) is 4.16. The van der Waals surface area contributed by atoms with Gasteiger partial charge in [0.05, 0.1) is 0 Å². The number of hydrogen-bond acceptors (Lipinski definition) is 1. The van der Waals surface area contributed by atoms with Crippen LogP contribution in [0.15, 0.2) is 73.2 Å². The number of rotatable bonds is 4. The monoisotopic (exact) mass is 327 g/mol. The molecule has 25 heavy (non-hydrogen) atoms. The molecule has 0 radical (unpaired) electrons. The van der Waals surface area contributed by atoms with Gasteiger partial charge in [-0.1, -0.05) is 36.4 Å². The lowest BCUT2D eigenvalue weighted by atomic mass is 10.1. The first kappa shape index (κ1) is 15.0. The SMILES string of the molecule is O=C(/C=C/c1c[nH]c2ccccc12)N/C=C/c1c[nH]c2ccccc12. The van der Waals surface area contributed by atoms with Crippen molar-refractivity contribution in [3.63, 3.8) is 0 Å². The smallest absolute Gasteiger partial charge is 0.247 e. The van der Waals surface area contributed by atoms with Crippen LogP contribution in [0.5, 0.6) is 0 Å². The van der Waals surface area contributed by atoms with Gasteiger partial charge in [-0.05, 0) is 29.8 Å². The minimum absolute atomic E-state index is 0.165. The van der Waals surface area contributed by atoms with Gasteiger partial charge in [0.15, 0.2) is 0 Å². The number of nitrogens with one attached hydrogen (secondary N) is 3. The van der Waals surface area contributed by atoms with Gasteiger partial charge in [-0.2, -0.15) is 0 Å². The summed E-state index contributed by atoms with van der Waals surface area (Å²) >= 11 is 0. The number of para-hydroxylation sites is 2. The Labute approximate surface area is 144 Å². The second kappa shape index (κ2) is 6.53. The third-order valence-corrected chi connectivity index (χ3v) is 4.15. The van der Waals surface area contributed by atoms with E-state index in [1.807, 2.05) is 73.1 Å². The van der Waals surface area contributed by atoms with Crippen molar-refractivity contribution in [3.8, 4) is 0 Å². The van der Waals surface area contributed by atoms with Crippen LogP contribution in [0.1, 0.15) is 11.1 Å². The number of hydrogen-bond donors (Lipinski definition) is 3. The molecule has 3 N–H and O–H groups in total. The number of carbonyl (C=O) groups is 1. The Morgan fingerprint density at radius 2 is 1.36 bits per heavy atom. The molecule has 0 aliphatic rings. The van der Waals surface area contributed by atoms with Gasteiger partial charge in [-0.25, -0.2) is 0 Å². The minimum atomic E-state index is -0.165. The van der Waals surface area contributed by atoms with E-state index >= 15 is 0 Å². The highest BCUT2D eigenvalue weighted by molar-refractivity contribution is 5.97. The molecule has 0 saturated carbocycles. The summed E-state index contributed by atoms with van der Waals surface area (Å²) in [5, 5.41) is 4.99. The second-order valence-electron chi connectivity index (χ2n) is 5.75. The Kier molecular flexibility index (Phi) is 3.92. The zero-order valence-corrected chi connectivity index (χ0v) is 13.5. The van der Waals surface area contributed by atoms with E-state index in [9.17, 15) is 4.79 Å². The summed E-state index contributed by atoms with van der Waals surface area (Å²) in [4.78, 5) is 18.4. The van der Waals surface area contributed by atoms with Crippen LogP contribution in [0.4, 0.5) is 0 Å². The van der Waals surface area contributed by atoms with E-state index in [1.165, 1.54) is 6.08 Å². The normalized spacial score (nSPS) is 11.8. The van der Waals surface area contributed by atoms with E-state index in [2.05, 4.69) is 15.3 Å². The average molecular weight is 327 g/mol. The average Bonchev–Trinajstić information content (AvgIpc) is 3.24. The van der Waals surface area contributed by atoms with Crippen LogP contribution in [-0.2, 0) is 4.79 Å². The number of amides is 1. The van der Waals surface area contributed by atoms with Gasteiger partial charge >= 0.3 is 0 Å². The van der Waals surface area contributed by atoms with Crippen molar-refractivity contribution in [2.45, 2.75) is 0 Å². The number of aromatic amines is 2. The summed E-state index contributed by atoms with van der Waals surface area (Å²) in [6.07, 6.45) is 10.7. The van der Waals surface area contributed by atoms with E-state index in [0.717, 1.165) is 32.9 Å². The van der Waals surface area contributed by atoms with Crippen molar-refractivity contribution in [2.24, 2.45) is 0 Å². The van der Waals surface area contributed by atoms with Crippen molar-refractivity contribution < 1.29 is 4.79 Å². The van der Waals surface area contributed by atoms with Crippen molar-refractivity contribution in [2.75, 3.05) is 0 Å². The lowest BCUT2D eigenvalue weighted by Crippen LogP contribution is -2.12. The fourth-order valence-corrected chi connectivity index (χ4v) is 2.89. The molecular formula is C21H17N3O. The molecule has 0 unspecified atom stereocenters. The fraction of sp³-hybridized carbons (Fsp3) is 0. The Morgan fingerprint density at radius 3 is 2.00 bits per heavy atom. The molecular weight excluding hydrogens is 310 g/mol. The molecule has 4 nitrogen and oxygen atoms in total. The predicted octanol–water partition coefficient (Wildman–Crippen LogP) is 4.45. The zero-order valence-electron chi connectivity index (χ0n) is 13.5. The summed E-state index contributed by atoms with van der Waals surface area (Å²) < 4.78 is 0. The lowest BCUT2D eigenvalue weighted by Gasteiger charge is -1.94. The first-order chi connectivity index (χ1) is 12.3. The highest BCUT2D eigenvalue weighted by Crippen LogP contribution is 2.19.